The molecule has 1 saturated heterocycles. The van der Waals surface area contributed by atoms with E-state index >= 15 is 0 Å². The monoisotopic (exact) mass is 243 g/mol. The average Bonchev–Trinajstić information content (AvgIpc) is 2.38. The Labute approximate surface area is 106 Å². The SMILES string of the molecule is CCCNC(CC)C(C)OCC1CCOCC1. The van der Waals surface area contributed by atoms with Gasteiger partial charge in [-0.3, -0.25) is 0 Å². The third-order valence-electron chi connectivity index (χ3n) is 3.60. The highest BCUT2D eigenvalue weighted by atomic mass is 16.5. The fourth-order valence-electron chi connectivity index (χ4n) is 2.29. The first-order valence-corrected chi connectivity index (χ1v) is 7.20. The number of nitrogens with one attached hydrogen (secondary N) is 1. The molecule has 0 amide bonds. The van der Waals surface area contributed by atoms with Crippen LogP contribution in [-0.4, -0.2) is 38.5 Å². The minimum atomic E-state index is 0.314. The molecular formula is C14H29NO2. The van der Waals surface area contributed by atoms with Gasteiger partial charge in [0.1, 0.15) is 0 Å². The maximum absolute atomic E-state index is 6.01. The van der Waals surface area contributed by atoms with E-state index in [-0.39, 0.29) is 0 Å². The highest BCUT2D eigenvalue weighted by molar-refractivity contribution is 4.73. The van der Waals surface area contributed by atoms with E-state index in [9.17, 15) is 0 Å². The first-order chi connectivity index (χ1) is 8.27. The first kappa shape index (κ1) is 14.9. The largest absolute Gasteiger partial charge is 0.381 e. The molecule has 1 rings (SSSR count). The molecule has 1 aliphatic heterocycles. The molecule has 0 aromatic carbocycles. The van der Waals surface area contributed by atoms with Crippen molar-refractivity contribution in [1.29, 1.82) is 0 Å². The Bertz CT molecular complexity index is 181. The summed E-state index contributed by atoms with van der Waals surface area (Å²) < 4.78 is 11.4. The van der Waals surface area contributed by atoms with Gasteiger partial charge in [0.05, 0.1) is 6.10 Å². The van der Waals surface area contributed by atoms with Crippen LogP contribution in [0.5, 0.6) is 0 Å². The second-order valence-corrected chi connectivity index (χ2v) is 5.06. The van der Waals surface area contributed by atoms with Crippen molar-refractivity contribution in [1.82, 2.24) is 5.32 Å². The van der Waals surface area contributed by atoms with Gasteiger partial charge in [-0.2, -0.15) is 0 Å². The summed E-state index contributed by atoms with van der Waals surface area (Å²) in [5.74, 6) is 0.704. The maximum Gasteiger partial charge on any atom is 0.0699 e. The van der Waals surface area contributed by atoms with Gasteiger partial charge in [0.15, 0.2) is 0 Å². The second kappa shape index (κ2) is 8.90. The van der Waals surface area contributed by atoms with Gasteiger partial charge in [0.2, 0.25) is 0 Å². The predicted octanol–water partition coefficient (Wildman–Crippen LogP) is 2.60. The molecule has 3 nitrogen and oxygen atoms in total. The summed E-state index contributed by atoms with van der Waals surface area (Å²) in [6.07, 6.45) is 4.95. The molecule has 0 radical (unpaired) electrons. The van der Waals surface area contributed by atoms with Gasteiger partial charge in [-0.05, 0) is 45.1 Å². The molecule has 1 N–H and O–H groups in total. The van der Waals surface area contributed by atoms with Gasteiger partial charge < -0.3 is 14.8 Å². The maximum atomic E-state index is 6.01. The van der Waals surface area contributed by atoms with Crippen LogP contribution < -0.4 is 5.32 Å². The van der Waals surface area contributed by atoms with Crippen LogP contribution in [0.3, 0.4) is 0 Å². The van der Waals surface area contributed by atoms with E-state index in [1.165, 1.54) is 6.42 Å². The van der Waals surface area contributed by atoms with Gasteiger partial charge in [-0.25, -0.2) is 0 Å². The van der Waals surface area contributed by atoms with Crippen molar-refractivity contribution in [2.75, 3.05) is 26.4 Å². The summed E-state index contributed by atoms with van der Waals surface area (Å²) in [6, 6.07) is 0.495. The van der Waals surface area contributed by atoms with Crippen LogP contribution in [0.1, 0.15) is 46.5 Å². The van der Waals surface area contributed by atoms with E-state index in [4.69, 9.17) is 9.47 Å². The van der Waals surface area contributed by atoms with Crippen molar-refractivity contribution in [2.45, 2.75) is 58.6 Å². The Balaban J connectivity index is 2.18. The minimum absolute atomic E-state index is 0.314. The average molecular weight is 243 g/mol. The third kappa shape index (κ3) is 5.84. The Hall–Kier alpha value is -0.120. The summed E-state index contributed by atoms with van der Waals surface area (Å²) in [5, 5.41) is 3.56. The Morgan fingerprint density at radius 2 is 2.00 bits per heavy atom. The van der Waals surface area contributed by atoms with Crippen LogP contribution in [0.15, 0.2) is 0 Å². The van der Waals surface area contributed by atoms with Gasteiger partial charge in [0.25, 0.3) is 0 Å². The van der Waals surface area contributed by atoms with Gasteiger partial charge in [-0.1, -0.05) is 13.8 Å². The van der Waals surface area contributed by atoms with Gasteiger partial charge in [0, 0.05) is 25.9 Å². The van der Waals surface area contributed by atoms with Crippen molar-refractivity contribution in [2.24, 2.45) is 5.92 Å². The lowest BCUT2D eigenvalue weighted by molar-refractivity contribution is -0.0173. The Morgan fingerprint density at radius 3 is 2.59 bits per heavy atom. The molecule has 17 heavy (non-hydrogen) atoms. The lowest BCUT2D eigenvalue weighted by Gasteiger charge is -2.28. The summed E-state index contributed by atoms with van der Waals surface area (Å²) in [5.41, 5.74) is 0. The van der Waals surface area contributed by atoms with Crippen LogP contribution in [0.2, 0.25) is 0 Å². The molecule has 3 heteroatoms. The molecule has 1 fully saturated rings. The number of hydrogen-bond donors (Lipinski definition) is 1. The highest BCUT2D eigenvalue weighted by Gasteiger charge is 2.19. The fraction of sp³-hybridized carbons (Fsp3) is 1.00. The zero-order valence-corrected chi connectivity index (χ0v) is 11.7. The summed E-state index contributed by atoms with van der Waals surface area (Å²) in [6.45, 7) is 10.4. The number of ether oxygens (including phenoxy) is 2. The second-order valence-electron chi connectivity index (χ2n) is 5.06. The van der Waals surface area contributed by atoms with E-state index < -0.39 is 0 Å². The molecule has 0 spiro atoms. The fourth-order valence-corrected chi connectivity index (χ4v) is 2.29. The Kier molecular flexibility index (Phi) is 7.82. The van der Waals surface area contributed by atoms with E-state index in [1.807, 2.05) is 0 Å². The van der Waals surface area contributed by atoms with E-state index in [1.54, 1.807) is 0 Å². The smallest absolute Gasteiger partial charge is 0.0699 e. The summed E-state index contributed by atoms with van der Waals surface area (Å²) in [7, 11) is 0. The normalized spacial score (nSPS) is 21.4. The zero-order valence-electron chi connectivity index (χ0n) is 11.7. The van der Waals surface area contributed by atoms with Crippen molar-refractivity contribution in [3.05, 3.63) is 0 Å². The summed E-state index contributed by atoms with van der Waals surface area (Å²) >= 11 is 0. The van der Waals surface area contributed by atoms with Crippen molar-refractivity contribution >= 4 is 0 Å². The molecule has 0 saturated carbocycles. The zero-order chi connectivity index (χ0) is 12.5. The molecule has 1 heterocycles. The standard InChI is InChI=1S/C14H29NO2/c1-4-8-15-14(5-2)12(3)17-11-13-6-9-16-10-7-13/h12-15H,4-11H2,1-3H3. The van der Waals surface area contributed by atoms with E-state index in [0.29, 0.717) is 18.1 Å². The molecular weight excluding hydrogens is 214 g/mol. The molecule has 0 aliphatic carbocycles. The van der Waals surface area contributed by atoms with Crippen LogP contribution >= 0.6 is 0 Å². The lowest BCUT2D eigenvalue weighted by atomic mass is 10.0. The Morgan fingerprint density at radius 1 is 1.29 bits per heavy atom. The summed E-state index contributed by atoms with van der Waals surface area (Å²) in [4.78, 5) is 0. The van der Waals surface area contributed by atoms with Crippen molar-refractivity contribution in [3.63, 3.8) is 0 Å². The van der Waals surface area contributed by atoms with Gasteiger partial charge >= 0.3 is 0 Å². The quantitative estimate of drug-likeness (QED) is 0.711. The molecule has 102 valence electrons. The molecule has 2 atom stereocenters. The van der Waals surface area contributed by atoms with Crippen LogP contribution in [0.25, 0.3) is 0 Å². The highest BCUT2D eigenvalue weighted by Crippen LogP contribution is 2.16. The molecule has 0 bridgehead atoms. The lowest BCUT2D eigenvalue weighted by Crippen LogP contribution is -2.40. The molecule has 2 unspecified atom stereocenters. The van der Waals surface area contributed by atoms with Crippen LogP contribution in [0.4, 0.5) is 0 Å². The third-order valence-corrected chi connectivity index (χ3v) is 3.60. The number of hydrogen-bond acceptors (Lipinski definition) is 3. The molecule has 0 aromatic rings. The number of rotatable bonds is 8. The van der Waals surface area contributed by atoms with Crippen LogP contribution in [-0.2, 0) is 9.47 Å². The topological polar surface area (TPSA) is 30.5 Å². The first-order valence-electron chi connectivity index (χ1n) is 7.20. The molecule has 1 aliphatic rings. The van der Waals surface area contributed by atoms with Gasteiger partial charge in [-0.15, -0.1) is 0 Å². The van der Waals surface area contributed by atoms with Crippen molar-refractivity contribution in [3.8, 4) is 0 Å². The van der Waals surface area contributed by atoms with E-state index in [2.05, 4.69) is 26.1 Å². The molecule has 0 aromatic heterocycles. The van der Waals surface area contributed by atoms with Crippen molar-refractivity contribution < 1.29 is 9.47 Å². The predicted molar refractivity (Wildman–Crippen MR) is 71.3 cm³/mol. The van der Waals surface area contributed by atoms with Crippen LogP contribution in [0, 0.1) is 5.92 Å². The minimum Gasteiger partial charge on any atom is -0.381 e. The van der Waals surface area contributed by atoms with E-state index in [0.717, 1.165) is 45.6 Å².